The maximum Gasteiger partial charge on any atom is 0.301 e. The van der Waals surface area contributed by atoms with Gasteiger partial charge in [0.05, 0.1) is 20.8 Å². The second kappa shape index (κ2) is 10.0. The maximum atomic E-state index is 11.4. The molecular formula is C21H19N6O6+. The highest BCUT2D eigenvalue weighted by Crippen LogP contribution is 2.29. The average molecular weight is 451 g/mol. The Bertz CT molecular complexity index is 1220. The molecule has 1 heterocycles. The van der Waals surface area contributed by atoms with Gasteiger partial charge >= 0.3 is 5.69 Å². The Morgan fingerprint density at radius 2 is 1.48 bits per heavy atom. The minimum atomic E-state index is -0.741. The molecule has 0 atom stereocenters. The Morgan fingerprint density at radius 1 is 0.879 bits per heavy atom. The fraction of sp³-hybridized carbons (Fsp3) is 0.143. The number of rotatable bonds is 9. The van der Waals surface area contributed by atoms with Crippen LogP contribution in [0.4, 0.5) is 22.7 Å². The van der Waals surface area contributed by atoms with Crippen LogP contribution in [0.2, 0.25) is 0 Å². The van der Waals surface area contributed by atoms with E-state index >= 15 is 0 Å². The third-order valence-corrected chi connectivity index (χ3v) is 4.81. The number of hydrazone groups is 1. The van der Waals surface area contributed by atoms with Crippen molar-refractivity contribution in [3.05, 3.63) is 108 Å². The highest BCUT2D eigenvalue weighted by Gasteiger charge is 2.20. The fourth-order valence-corrected chi connectivity index (χ4v) is 2.98. The molecule has 0 fully saturated rings. The van der Waals surface area contributed by atoms with E-state index in [1.165, 1.54) is 30.3 Å². The molecule has 0 saturated carbocycles. The third-order valence-electron chi connectivity index (χ3n) is 4.81. The summed E-state index contributed by atoms with van der Waals surface area (Å²) in [5.41, 5.74) is 3.71. The minimum absolute atomic E-state index is 0.0312. The molecule has 2 aromatic carbocycles. The van der Waals surface area contributed by atoms with E-state index in [9.17, 15) is 30.3 Å². The quantitative estimate of drug-likeness (QED) is 0.224. The van der Waals surface area contributed by atoms with Crippen LogP contribution in [0, 0.1) is 30.3 Å². The van der Waals surface area contributed by atoms with Crippen LogP contribution in [0.5, 0.6) is 0 Å². The van der Waals surface area contributed by atoms with Crippen LogP contribution in [0.1, 0.15) is 18.1 Å². The predicted octanol–water partition coefficient (Wildman–Crippen LogP) is 3.78. The zero-order valence-corrected chi connectivity index (χ0v) is 17.5. The van der Waals surface area contributed by atoms with E-state index in [0.29, 0.717) is 11.3 Å². The first kappa shape index (κ1) is 22.9. The van der Waals surface area contributed by atoms with Crippen molar-refractivity contribution in [1.29, 1.82) is 0 Å². The molecule has 0 unspecified atom stereocenters. The molecule has 0 aliphatic carbocycles. The molecule has 33 heavy (non-hydrogen) atoms. The van der Waals surface area contributed by atoms with Crippen molar-refractivity contribution in [1.82, 2.24) is 0 Å². The molecule has 1 N–H and O–H groups in total. The van der Waals surface area contributed by atoms with E-state index in [4.69, 9.17) is 0 Å². The molecule has 0 aliphatic heterocycles. The van der Waals surface area contributed by atoms with E-state index in [1.807, 2.05) is 36.0 Å². The number of hydrogen-bond acceptors (Lipinski definition) is 8. The number of nitrogens with one attached hydrogen (secondary N) is 1. The first-order valence-corrected chi connectivity index (χ1v) is 9.76. The van der Waals surface area contributed by atoms with E-state index < -0.39 is 26.1 Å². The lowest BCUT2D eigenvalue weighted by atomic mass is 10.1. The zero-order chi connectivity index (χ0) is 24.0. The first-order valence-electron chi connectivity index (χ1n) is 9.76. The van der Waals surface area contributed by atoms with Gasteiger partial charge < -0.3 is 0 Å². The van der Waals surface area contributed by atoms with Crippen LogP contribution in [0.3, 0.4) is 0 Å². The number of aromatic nitrogens is 1. The van der Waals surface area contributed by atoms with Crippen molar-refractivity contribution >= 4 is 28.5 Å². The van der Waals surface area contributed by atoms with Crippen LogP contribution in [-0.2, 0) is 13.0 Å². The third kappa shape index (κ3) is 5.70. The number of pyridine rings is 1. The van der Waals surface area contributed by atoms with Crippen molar-refractivity contribution in [2.24, 2.45) is 5.10 Å². The first-order chi connectivity index (χ1) is 15.8. The van der Waals surface area contributed by atoms with Crippen molar-refractivity contribution in [2.75, 3.05) is 5.43 Å². The van der Waals surface area contributed by atoms with Gasteiger partial charge in [-0.2, -0.15) is 9.67 Å². The summed E-state index contributed by atoms with van der Waals surface area (Å²) in [6, 6.07) is 12.8. The summed E-state index contributed by atoms with van der Waals surface area (Å²) in [6.45, 7) is 2.29. The monoisotopic (exact) mass is 451 g/mol. The number of nitro benzene ring substituents is 3. The normalized spacial score (nSPS) is 11.1. The Kier molecular flexibility index (Phi) is 6.98. The van der Waals surface area contributed by atoms with Crippen molar-refractivity contribution in [3.63, 3.8) is 0 Å². The van der Waals surface area contributed by atoms with Crippen LogP contribution in [-0.4, -0.2) is 20.5 Å². The topological polar surface area (TPSA) is 158 Å². The lowest BCUT2D eigenvalue weighted by molar-refractivity contribution is -0.681. The molecule has 0 amide bonds. The van der Waals surface area contributed by atoms with Crippen molar-refractivity contribution in [2.45, 2.75) is 19.9 Å². The average Bonchev–Trinajstić information content (AvgIpc) is 2.82. The number of benzene rings is 2. The fourth-order valence-electron chi connectivity index (χ4n) is 2.98. The summed E-state index contributed by atoms with van der Waals surface area (Å²) < 4.78 is 1.84. The van der Waals surface area contributed by atoms with Crippen LogP contribution < -0.4 is 9.99 Å². The van der Waals surface area contributed by atoms with Crippen molar-refractivity contribution < 1.29 is 19.3 Å². The number of anilines is 1. The lowest BCUT2D eigenvalue weighted by Crippen LogP contribution is -2.37. The van der Waals surface area contributed by atoms with Gasteiger partial charge in [0, 0.05) is 35.9 Å². The Hall–Kier alpha value is -4.74. The molecule has 0 radical (unpaired) electrons. The van der Waals surface area contributed by atoms with Gasteiger partial charge in [0.1, 0.15) is 11.4 Å². The van der Waals surface area contributed by atoms with Crippen LogP contribution >= 0.6 is 0 Å². The summed E-state index contributed by atoms with van der Waals surface area (Å²) in [5.74, 6) is 0. The van der Waals surface area contributed by atoms with Crippen LogP contribution in [0.25, 0.3) is 0 Å². The molecule has 168 valence electrons. The SMILES string of the molecule is CCc1cc[n+](C/C(=N\Nc2ccc([N+](=O)[O-])cc2[N+](=O)[O-])c2ccc([N+](=O)[O-])cc2)cc1. The summed E-state index contributed by atoms with van der Waals surface area (Å²) in [5, 5.41) is 37.6. The van der Waals surface area contributed by atoms with Gasteiger partial charge in [0.2, 0.25) is 0 Å². The minimum Gasteiger partial charge on any atom is -0.271 e. The molecule has 12 heteroatoms. The molecule has 0 bridgehead atoms. The van der Waals surface area contributed by atoms with Gasteiger partial charge in [-0.05, 0) is 30.2 Å². The summed E-state index contributed by atoms with van der Waals surface area (Å²) in [6.07, 6.45) is 4.58. The Labute approximate surface area is 187 Å². The molecular weight excluding hydrogens is 432 g/mol. The molecule has 3 aromatic rings. The van der Waals surface area contributed by atoms with E-state index in [1.54, 1.807) is 0 Å². The van der Waals surface area contributed by atoms with Crippen molar-refractivity contribution in [3.8, 4) is 0 Å². The van der Waals surface area contributed by atoms with Gasteiger partial charge in [-0.25, -0.2) is 0 Å². The summed E-state index contributed by atoms with van der Waals surface area (Å²) in [7, 11) is 0. The standard InChI is InChI=1S/C21H19N6O6/c1-2-15-9-11-24(12-10-15)14-20(16-3-5-17(6-4-16)25(28)29)23-22-19-8-7-18(26(30)31)13-21(19)27(32)33/h3-13,22H,2,14H2,1H3/q+1/b23-20+. The Morgan fingerprint density at radius 3 is 2.03 bits per heavy atom. The number of aryl methyl sites for hydroxylation is 1. The molecule has 3 rings (SSSR count). The summed E-state index contributed by atoms with van der Waals surface area (Å²) in [4.78, 5) is 31.3. The van der Waals surface area contributed by atoms with E-state index in [0.717, 1.165) is 24.1 Å². The van der Waals surface area contributed by atoms with Gasteiger partial charge in [0.15, 0.2) is 18.9 Å². The number of nitrogens with zero attached hydrogens (tertiary/aromatic N) is 5. The number of hydrogen-bond donors (Lipinski definition) is 1. The molecule has 0 saturated heterocycles. The molecule has 1 aromatic heterocycles. The summed E-state index contributed by atoms with van der Waals surface area (Å²) >= 11 is 0. The van der Waals surface area contributed by atoms with E-state index in [-0.39, 0.29) is 17.9 Å². The van der Waals surface area contributed by atoms with Gasteiger partial charge in [0.25, 0.3) is 11.4 Å². The Balaban J connectivity index is 1.98. The molecule has 0 aliphatic rings. The zero-order valence-electron chi connectivity index (χ0n) is 17.5. The van der Waals surface area contributed by atoms with Crippen LogP contribution in [0.15, 0.2) is 72.1 Å². The number of nitro groups is 3. The maximum absolute atomic E-state index is 11.4. The van der Waals surface area contributed by atoms with Gasteiger partial charge in [-0.1, -0.05) is 6.92 Å². The highest BCUT2D eigenvalue weighted by molar-refractivity contribution is 6.00. The smallest absolute Gasteiger partial charge is 0.271 e. The lowest BCUT2D eigenvalue weighted by Gasteiger charge is -2.07. The van der Waals surface area contributed by atoms with E-state index in [2.05, 4.69) is 10.5 Å². The molecule has 12 nitrogen and oxygen atoms in total. The largest absolute Gasteiger partial charge is 0.301 e. The molecule has 0 spiro atoms. The predicted molar refractivity (Wildman–Crippen MR) is 119 cm³/mol. The number of non-ortho nitro benzene ring substituents is 2. The second-order valence-electron chi connectivity index (χ2n) is 6.92. The highest BCUT2D eigenvalue weighted by atomic mass is 16.6. The van der Waals surface area contributed by atoms with Gasteiger partial charge in [-0.15, -0.1) is 0 Å². The van der Waals surface area contributed by atoms with Gasteiger partial charge in [-0.3, -0.25) is 35.8 Å². The second-order valence-corrected chi connectivity index (χ2v) is 6.92.